The fourth-order valence-corrected chi connectivity index (χ4v) is 1.99. The molecule has 0 saturated heterocycles. The number of halogens is 2. The molecule has 0 aromatic heterocycles. The van der Waals surface area contributed by atoms with Crippen LogP contribution >= 0.6 is 12.4 Å². The highest BCUT2D eigenvalue weighted by molar-refractivity contribution is 5.85. The number of carboxylic acids is 1. The molecule has 2 atom stereocenters. The zero-order chi connectivity index (χ0) is 14.6. The Hall–Kier alpha value is -1.33. The van der Waals surface area contributed by atoms with E-state index in [4.69, 9.17) is 10.5 Å². The van der Waals surface area contributed by atoms with E-state index in [9.17, 15) is 14.3 Å². The monoisotopic (exact) mass is 305 g/mol. The van der Waals surface area contributed by atoms with E-state index in [1.165, 1.54) is 19.2 Å². The molecule has 4 nitrogen and oxygen atoms in total. The summed E-state index contributed by atoms with van der Waals surface area (Å²) in [5, 5.41) is 9.36. The Morgan fingerprint density at radius 2 is 2.15 bits per heavy atom. The molecule has 0 radical (unpaired) electrons. The second-order valence-corrected chi connectivity index (χ2v) is 4.84. The van der Waals surface area contributed by atoms with Gasteiger partial charge in [0.15, 0.2) is 0 Å². The Bertz CT molecular complexity index is 470. The number of hydrogen-bond donors (Lipinski definition) is 2. The molecule has 0 fully saturated rings. The van der Waals surface area contributed by atoms with Crippen molar-refractivity contribution in [2.45, 2.75) is 32.2 Å². The van der Waals surface area contributed by atoms with Crippen molar-refractivity contribution in [3.63, 3.8) is 0 Å². The van der Waals surface area contributed by atoms with Crippen LogP contribution in [0.5, 0.6) is 5.75 Å². The van der Waals surface area contributed by atoms with Gasteiger partial charge in [-0.05, 0) is 24.5 Å². The first-order valence-corrected chi connectivity index (χ1v) is 6.21. The number of ether oxygens (including phenoxy) is 1. The first kappa shape index (κ1) is 18.7. The van der Waals surface area contributed by atoms with Crippen LogP contribution < -0.4 is 10.5 Å². The number of hydrogen-bond acceptors (Lipinski definition) is 3. The molecule has 1 aromatic carbocycles. The van der Waals surface area contributed by atoms with Crippen molar-refractivity contribution in [3.05, 3.63) is 29.6 Å². The second kappa shape index (κ2) is 7.45. The topological polar surface area (TPSA) is 72.6 Å². The Balaban J connectivity index is 0.00000361. The van der Waals surface area contributed by atoms with Crippen LogP contribution in [0.15, 0.2) is 18.2 Å². The number of carboxylic acid groups (broad SMARTS) is 1. The number of methoxy groups -OCH3 is 1. The molecular weight excluding hydrogens is 285 g/mol. The van der Waals surface area contributed by atoms with E-state index < -0.39 is 17.3 Å². The summed E-state index contributed by atoms with van der Waals surface area (Å²) in [4.78, 5) is 11.5. The van der Waals surface area contributed by atoms with Crippen LogP contribution in [-0.2, 0) is 10.3 Å². The van der Waals surface area contributed by atoms with Gasteiger partial charge in [-0.1, -0.05) is 20.3 Å². The molecule has 2 unspecified atom stereocenters. The maximum absolute atomic E-state index is 14.0. The van der Waals surface area contributed by atoms with Crippen molar-refractivity contribution in [2.75, 3.05) is 7.11 Å². The molecule has 20 heavy (non-hydrogen) atoms. The molecule has 0 amide bonds. The highest BCUT2D eigenvalue weighted by Crippen LogP contribution is 2.31. The minimum absolute atomic E-state index is 0. The van der Waals surface area contributed by atoms with E-state index in [0.717, 1.165) is 12.5 Å². The predicted molar refractivity (Wildman–Crippen MR) is 77.8 cm³/mol. The third kappa shape index (κ3) is 3.84. The maximum atomic E-state index is 14.0. The lowest BCUT2D eigenvalue weighted by Gasteiger charge is -2.28. The molecule has 0 aliphatic heterocycles. The molecule has 3 N–H and O–H groups in total. The van der Waals surface area contributed by atoms with Gasteiger partial charge in [0.2, 0.25) is 0 Å². The summed E-state index contributed by atoms with van der Waals surface area (Å²) >= 11 is 0. The smallest absolute Gasteiger partial charge is 0.328 e. The van der Waals surface area contributed by atoms with Crippen molar-refractivity contribution >= 4 is 18.4 Å². The fourth-order valence-electron chi connectivity index (χ4n) is 1.99. The number of nitrogens with two attached hydrogens (primary N) is 1. The Labute approximate surface area is 124 Å². The van der Waals surface area contributed by atoms with Gasteiger partial charge in [0.1, 0.15) is 17.1 Å². The van der Waals surface area contributed by atoms with Crippen LogP contribution in [0.3, 0.4) is 0 Å². The zero-order valence-electron chi connectivity index (χ0n) is 11.9. The van der Waals surface area contributed by atoms with Crippen LogP contribution in [0, 0.1) is 11.7 Å². The van der Waals surface area contributed by atoms with E-state index in [0.29, 0.717) is 5.75 Å². The van der Waals surface area contributed by atoms with E-state index in [1.54, 1.807) is 0 Å². The number of rotatable bonds is 6. The van der Waals surface area contributed by atoms with Crippen LogP contribution in [0.4, 0.5) is 4.39 Å². The highest BCUT2D eigenvalue weighted by Gasteiger charge is 2.39. The molecule has 0 saturated carbocycles. The van der Waals surface area contributed by atoms with E-state index in [2.05, 4.69) is 0 Å². The number of aliphatic carboxylic acids is 1. The summed E-state index contributed by atoms with van der Waals surface area (Å²) < 4.78 is 18.9. The average Bonchev–Trinajstić information content (AvgIpc) is 2.37. The molecule has 1 rings (SSSR count). The minimum Gasteiger partial charge on any atom is -0.497 e. The standard InChI is InChI=1S/C14H20FNO3.ClH/c1-4-9(2)8-14(16,13(17)18)11-6-5-10(19-3)7-12(11)15;/h5-7,9H,4,8,16H2,1-3H3,(H,17,18);1H. The maximum Gasteiger partial charge on any atom is 0.328 e. The molecule has 0 spiro atoms. The van der Waals surface area contributed by atoms with Gasteiger partial charge in [0.25, 0.3) is 0 Å². The van der Waals surface area contributed by atoms with Crippen molar-refractivity contribution in [1.29, 1.82) is 0 Å². The predicted octanol–water partition coefficient (Wildman–Crippen LogP) is 2.93. The zero-order valence-corrected chi connectivity index (χ0v) is 12.7. The summed E-state index contributed by atoms with van der Waals surface area (Å²) in [6.45, 7) is 3.84. The van der Waals surface area contributed by atoms with Crippen molar-refractivity contribution in [2.24, 2.45) is 11.7 Å². The molecule has 0 aliphatic rings. The number of benzene rings is 1. The SMILES string of the molecule is CCC(C)CC(N)(C(=O)O)c1ccc(OC)cc1F.Cl. The van der Waals surface area contributed by atoms with Crippen molar-refractivity contribution < 1.29 is 19.0 Å². The summed E-state index contributed by atoms with van der Waals surface area (Å²) in [5.41, 5.74) is 4.22. The van der Waals surface area contributed by atoms with Gasteiger partial charge in [-0.25, -0.2) is 9.18 Å². The fraction of sp³-hybridized carbons (Fsp3) is 0.500. The molecular formula is C14H21ClFNO3. The largest absolute Gasteiger partial charge is 0.497 e. The third-order valence-corrected chi connectivity index (χ3v) is 3.41. The average molecular weight is 306 g/mol. The highest BCUT2D eigenvalue weighted by atomic mass is 35.5. The number of carbonyl (C=O) groups is 1. The molecule has 0 bridgehead atoms. The summed E-state index contributed by atoms with van der Waals surface area (Å²) in [5.74, 6) is -1.47. The van der Waals surface area contributed by atoms with Gasteiger partial charge in [0.05, 0.1) is 7.11 Å². The summed E-state index contributed by atoms with van der Waals surface area (Å²) in [6, 6.07) is 4.04. The summed E-state index contributed by atoms with van der Waals surface area (Å²) in [7, 11) is 1.42. The normalized spacial score (nSPS) is 14.8. The summed E-state index contributed by atoms with van der Waals surface area (Å²) in [6.07, 6.45) is 0.964. The van der Waals surface area contributed by atoms with Crippen molar-refractivity contribution in [1.82, 2.24) is 0 Å². The van der Waals surface area contributed by atoms with E-state index in [1.807, 2.05) is 13.8 Å². The van der Waals surface area contributed by atoms with Crippen LogP contribution in [0.25, 0.3) is 0 Å². The van der Waals surface area contributed by atoms with Gasteiger partial charge in [-0.2, -0.15) is 0 Å². The van der Waals surface area contributed by atoms with Gasteiger partial charge in [-0.3, -0.25) is 0 Å². The lowest BCUT2D eigenvalue weighted by molar-refractivity contribution is -0.144. The van der Waals surface area contributed by atoms with Gasteiger partial charge >= 0.3 is 5.97 Å². The first-order valence-electron chi connectivity index (χ1n) is 6.21. The van der Waals surface area contributed by atoms with Crippen LogP contribution in [-0.4, -0.2) is 18.2 Å². The lowest BCUT2D eigenvalue weighted by Crippen LogP contribution is -2.46. The third-order valence-electron chi connectivity index (χ3n) is 3.41. The van der Waals surface area contributed by atoms with Gasteiger partial charge < -0.3 is 15.6 Å². The molecule has 0 aliphatic carbocycles. The minimum atomic E-state index is -1.72. The lowest BCUT2D eigenvalue weighted by atomic mass is 9.81. The van der Waals surface area contributed by atoms with Crippen LogP contribution in [0.2, 0.25) is 0 Å². The molecule has 0 heterocycles. The Kier molecular flexibility index (Phi) is 6.96. The molecule has 114 valence electrons. The first-order chi connectivity index (χ1) is 8.85. The molecule has 1 aromatic rings. The molecule has 6 heteroatoms. The van der Waals surface area contributed by atoms with E-state index >= 15 is 0 Å². The Morgan fingerprint density at radius 1 is 1.55 bits per heavy atom. The quantitative estimate of drug-likeness (QED) is 0.847. The second-order valence-electron chi connectivity index (χ2n) is 4.84. The van der Waals surface area contributed by atoms with E-state index in [-0.39, 0.29) is 30.3 Å². The van der Waals surface area contributed by atoms with Crippen LogP contribution in [0.1, 0.15) is 32.3 Å². The van der Waals surface area contributed by atoms with Gasteiger partial charge in [0, 0.05) is 11.6 Å². The Morgan fingerprint density at radius 3 is 2.55 bits per heavy atom. The van der Waals surface area contributed by atoms with Crippen molar-refractivity contribution in [3.8, 4) is 5.75 Å². The van der Waals surface area contributed by atoms with Gasteiger partial charge in [-0.15, -0.1) is 12.4 Å².